The molecule has 0 saturated carbocycles. The summed E-state index contributed by atoms with van der Waals surface area (Å²) < 4.78 is 37.6. The molecule has 0 fully saturated rings. The summed E-state index contributed by atoms with van der Waals surface area (Å²) in [7, 11) is -2.24. The monoisotopic (exact) mass is 497 g/mol. The molecule has 8 nitrogen and oxygen atoms in total. The van der Waals surface area contributed by atoms with Crippen molar-refractivity contribution in [3.05, 3.63) is 63.8 Å². The first kappa shape index (κ1) is 24.2. The van der Waals surface area contributed by atoms with Gasteiger partial charge in [0.25, 0.3) is 5.91 Å². The first-order chi connectivity index (χ1) is 15.1. The van der Waals surface area contributed by atoms with Crippen LogP contribution in [-0.2, 0) is 14.8 Å². The van der Waals surface area contributed by atoms with Gasteiger partial charge in [0.1, 0.15) is 17.0 Å². The molecule has 0 bridgehead atoms. The number of anilines is 1. The number of benzene rings is 2. The Hall–Kier alpha value is -2.43. The van der Waals surface area contributed by atoms with Crippen LogP contribution in [0.5, 0.6) is 0 Å². The summed E-state index contributed by atoms with van der Waals surface area (Å²) in [6.07, 6.45) is 0. The van der Waals surface area contributed by atoms with Gasteiger partial charge in [-0.3, -0.25) is 4.79 Å². The molecule has 1 amide bonds. The van der Waals surface area contributed by atoms with Gasteiger partial charge in [-0.15, -0.1) is 0 Å². The molecule has 3 aromatic rings. The Morgan fingerprint density at radius 1 is 1.16 bits per heavy atom. The Morgan fingerprint density at radius 2 is 1.78 bits per heavy atom. The molecule has 0 saturated heterocycles. The maximum atomic E-state index is 13.0. The average Bonchev–Trinajstić information content (AvgIpc) is 3.09. The van der Waals surface area contributed by atoms with E-state index in [-0.39, 0.29) is 28.5 Å². The summed E-state index contributed by atoms with van der Waals surface area (Å²) in [4.78, 5) is 13.0. The zero-order valence-electron chi connectivity index (χ0n) is 17.5. The number of sulfonamides is 1. The van der Waals surface area contributed by atoms with Gasteiger partial charge >= 0.3 is 0 Å². The van der Waals surface area contributed by atoms with Crippen LogP contribution in [0.25, 0.3) is 11.3 Å². The second kappa shape index (κ2) is 10.0. The molecule has 2 N–H and O–H groups in total. The van der Waals surface area contributed by atoms with Gasteiger partial charge in [-0.2, -0.15) is 0 Å². The second-order valence-corrected chi connectivity index (χ2v) is 9.54. The molecule has 0 aliphatic heterocycles. The summed E-state index contributed by atoms with van der Waals surface area (Å²) in [6, 6.07) is 10.3. The van der Waals surface area contributed by atoms with Crippen LogP contribution in [0.15, 0.2) is 51.9 Å². The lowest BCUT2D eigenvalue weighted by Crippen LogP contribution is -2.35. The largest absolute Gasteiger partial charge is 0.383 e. The van der Waals surface area contributed by atoms with Crippen molar-refractivity contribution in [1.82, 2.24) is 9.88 Å². The third-order valence-corrected chi connectivity index (χ3v) is 6.72. The molecule has 1 unspecified atom stereocenters. The summed E-state index contributed by atoms with van der Waals surface area (Å²) in [6.45, 7) is 3.53. The fourth-order valence-corrected chi connectivity index (χ4v) is 4.87. The van der Waals surface area contributed by atoms with Crippen LogP contribution in [0.1, 0.15) is 23.0 Å². The van der Waals surface area contributed by atoms with Crippen molar-refractivity contribution in [2.45, 2.75) is 24.8 Å². The molecule has 1 heterocycles. The molecule has 0 spiro atoms. The Bertz CT molecular complexity index is 1210. The molecule has 2 aromatic carbocycles. The lowest BCUT2D eigenvalue weighted by atomic mass is 10.1. The Morgan fingerprint density at radius 3 is 2.38 bits per heavy atom. The second-order valence-electron chi connectivity index (χ2n) is 7.02. The number of carbonyl (C=O) groups is 1. The van der Waals surface area contributed by atoms with Gasteiger partial charge in [0, 0.05) is 24.4 Å². The fraction of sp³-hybridized carbons (Fsp3) is 0.238. The van der Waals surface area contributed by atoms with Crippen molar-refractivity contribution in [3.63, 3.8) is 0 Å². The maximum Gasteiger partial charge on any atom is 0.261 e. The molecule has 170 valence electrons. The minimum absolute atomic E-state index is 0.0585. The van der Waals surface area contributed by atoms with Crippen molar-refractivity contribution >= 4 is 44.8 Å². The number of hydrogen-bond donors (Lipinski definition) is 2. The number of ether oxygens (including phenoxy) is 1. The lowest BCUT2D eigenvalue weighted by Gasteiger charge is -2.13. The van der Waals surface area contributed by atoms with Gasteiger partial charge in [-0.05, 0) is 50.2 Å². The van der Waals surface area contributed by atoms with E-state index in [0.717, 1.165) is 0 Å². The van der Waals surface area contributed by atoms with Crippen molar-refractivity contribution in [3.8, 4) is 11.3 Å². The molecular formula is C21H21Cl2N3O5S. The quantitative estimate of drug-likeness (QED) is 0.473. The summed E-state index contributed by atoms with van der Waals surface area (Å²) in [5.41, 5.74) is 1.16. The zero-order chi connectivity index (χ0) is 23.5. The van der Waals surface area contributed by atoms with E-state index in [9.17, 15) is 13.2 Å². The Kier molecular flexibility index (Phi) is 7.58. The van der Waals surface area contributed by atoms with E-state index in [2.05, 4.69) is 15.2 Å². The Labute approximate surface area is 195 Å². The van der Waals surface area contributed by atoms with E-state index >= 15 is 0 Å². The SMILES string of the molecule is COCC(C)NS(=O)(=O)c1ccc(NC(=O)c2c(-c3c(Cl)cccc3Cl)noc2C)cc1. The normalized spacial score (nSPS) is 12.5. The van der Waals surface area contributed by atoms with Crippen LogP contribution < -0.4 is 10.0 Å². The van der Waals surface area contributed by atoms with E-state index in [1.807, 2.05) is 0 Å². The van der Waals surface area contributed by atoms with Gasteiger partial charge in [-0.25, -0.2) is 13.1 Å². The van der Waals surface area contributed by atoms with E-state index in [0.29, 0.717) is 21.3 Å². The van der Waals surface area contributed by atoms with E-state index < -0.39 is 22.0 Å². The number of rotatable bonds is 8. The predicted octanol–water partition coefficient (Wildman–Crippen LogP) is 4.52. The number of aryl methyl sites for hydroxylation is 1. The van der Waals surface area contributed by atoms with Crippen LogP contribution in [0.2, 0.25) is 10.0 Å². The average molecular weight is 498 g/mol. The molecule has 0 aliphatic carbocycles. The number of hydrogen-bond acceptors (Lipinski definition) is 6. The lowest BCUT2D eigenvalue weighted by molar-refractivity contribution is 0.102. The van der Waals surface area contributed by atoms with Gasteiger partial charge < -0.3 is 14.6 Å². The van der Waals surface area contributed by atoms with E-state index in [4.69, 9.17) is 32.5 Å². The highest BCUT2D eigenvalue weighted by Gasteiger charge is 2.25. The maximum absolute atomic E-state index is 13.0. The molecule has 0 aliphatic rings. The molecule has 32 heavy (non-hydrogen) atoms. The molecule has 1 atom stereocenters. The number of amides is 1. The number of methoxy groups -OCH3 is 1. The fourth-order valence-electron chi connectivity index (χ4n) is 3.06. The first-order valence-electron chi connectivity index (χ1n) is 9.47. The number of halogens is 2. The predicted molar refractivity (Wildman–Crippen MR) is 123 cm³/mol. The van der Waals surface area contributed by atoms with Crippen LogP contribution in [-0.4, -0.2) is 39.2 Å². The van der Waals surface area contributed by atoms with Crippen molar-refractivity contribution in [1.29, 1.82) is 0 Å². The Balaban J connectivity index is 1.83. The van der Waals surface area contributed by atoms with Crippen LogP contribution in [0, 0.1) is 6.92 Å². The number of carbonyl (C=O) groups excluding carboxylic acids is 1. The molecule has 0 radical (unpaired) electrons. The third kappa shape index (κ3) is 5.31. The van der Waals surface area contributed by atoms with Crippen LogP contribution >= 0.6 is 23.2 Å². The van der Waals surface area contributed by atoms with E-state index in [1.165, 1.54) is 31.4 Å². The van der Waals surface area contributed by atoms with Crippen molar-refractivity contribution < 1.29 is 22.5 Å². The smallest absolute Gasteiger partial charge is 0.261 e. The highest BCUT2D eigenvalue weighted by atomic mass is 35.5. The third-order valence-electron chi connectivity index (χ3n) is 4.48. The minimum atomic E-state index is -3.73. The van der Waals surface area contributed by atoms with Gasteiger partial charge in [0.15, 0.2) is 0 Å². The summed E-state index contributed by atoms with van der Waals surface area (Å²) in [5, 5.41) is 7.32. The number of nitrogens with zero attached hydrogens (tertiary/aromatic N) is 1. The molecule has 3 rings (SSSR count). The first-order valence-corrected chi connectivity index (χ1v) is 11.7. The minimum Gasteiger partial charge on any atom is -0.383 e. The summed E-state index contributed by atoms with van der Waals surface area (Å²) in [5.74, 6) is -0.221. The van der Waals surface area contributed by atoms with Crippen molar-refractivity contribution in [2.75, 3.05) is 19.0 Å². The van der Waals surface area contributed by atoms with Gasteiger partial charge in [0.2, 0.25) is 10.0 Å². The topological polar surface area (TPSA) is 111 Å². The molecule has 11 heteroatoms. The highest BCUT2D eigenvalue weighted by molar-refractivity contribution is 7.89. The number of nitrogens with one attached hydrogen (secondary N) is 2. The summed E-state index contributed by atoms with van der Waals surface area (Å²) >= 11 is 12.5. The van der Waals surface area contributed by atoms with Crippen LogP contribution in [0.4, 0.5) is 5.69 Å². The van der Waals surface area contributed by atoms with Crippen LogP contribution in [0.3, 0.4) is 0 Å². The van der Waals surface area contributed by atoms with E-state index in [1.54, 1.807) is 32.0 Å². The molecule has 1 aromatic heterocycles. The number of aromatic nitrogens is 1. The molecular weight excluding hydrogens is 477 g/mol. The standard InChI is InChI=1S/C21H21Cl2N3O5S/c1-12(11-30-3)26-32(28,29)15-9-7-14(8-10-15)24-21(27)18-13(2)31-25-20(18)19-16(22)5-4-6-17(19)23/h4-10,12,26H,11H2,1-3H3,(H,24,27). The van der Waals surface area contributed by atoms with Gasteiger partial charge in [0.05, 0.1) is 21.5 Å². The van der Waals surface area contributed by atoms with Gasteiger partial charge in [-0.1, -0.05) is 34.4 Å². The highest BCUT2D eigenvalue weighted by Crippen LogP contribution is 2.37. The van der Waals surface area contributed by atoms with Crippen molar-refractivity contribution in [2.24, 2.45) is 0 Å². The zero-order valence-corrected chi connectivity index (χ0v) is 19.8.